The van der Waals surface area contributed by atoms with E-state index in [0.717, 1.165) is 31.2 Å². The zero-order chi connectivity index (χ0) is 18.1. The molecule has 1 aromatic rings. The molecule has 4 rings (SSSR count). The predicted octanol–water partition coefficient (Wildman–Crippen LogP) is 2.02. The lowest BCUT2D eigenvalue weighted by atomic mass is 9.81. The Morgan fingerprint density at radius 3 is 2.50 bits per heavy atom. The molecule has 1 saturated heterocycles. The van der Waals surface area contributed by atoms with Gasteiger partial charge in [0.15, 0.2) is 11.5 Å². The molecule has 0 aromatic heterocycles. The minimum atomic E-state index is -0.432. The molecule has 1 aromatic carbocycles. The van der Waals surface area contributed by atoms with Crippen LogP contribution in [0.25, 0.3) is 0 Å². The van der Waals surface area contributed by atoms with Gasteiger partial charge in [0.25, 0.3) is 0 Å². The average Bonchev–Trinajstić information content (AvgIpc) is 3.22. The number of hydrogen-bond acceptors (Lipinski definition) is 6. The number of imide groups is 1. The molecule has 3 aliphatic rings. The summed E-state index contributed by atoms with van der Waals surface area (Å²) < 4.78 is 15.8. The van der Waals surface area contributed by atoms with E-state index in [-0.39, 0.29) is 50.0 Å². The maximum Gasteiger partial charge on any atom is 0.307 e. The Morgan fingerprint density at radius 1 is 1.08 bits per heavy atom. The van der Waals surface area contributed by atoms with Crippen molar-refractivity contribution >= 4 is 17.8 Å². The highest BCUT2D eigenvalue weighted by atomic mass is 16.7. The molecule has 2 heterocycles. The summed E-state index contributed by atoms with van der Waals surface area (Å²) in [4.78, 5) is 38.0. The summed E-state index contributed by atoms with van der Waals surface area (Å²) >= 11 is 0. The van der Waals surface area contributed by atoms with Crippen LogP contribution in [0, 0.1) is 11.8 Å². The molecule has 7 heteroatoms. The molecular formula is C19H21NO6. The fourth-order valence-electron chi connectivity index (χ4n) is 3.92. The van der Waals surface area contributed by atoms with Crippen LogP contribution in [0.1, 0.15) is 37.7 Å². The first-order valence-electron chi connectivity index (χ1n) is 9.03. The van der Waals surface area contributed by atoms with E-state index in [2.05, 4.69) is 0 Å². The van der Waals surface area contributed by atoms with Gasteiger partial charge in [-0.25, -0.2) is 0 Å². The van der Waals surface area contributed by atoms with E-state index >= 15 is 0 Å². The van der Waals surface area contributed by atoms with E-state index in [1.54, 1.807) is 18.2 Å². The van der Waals surface area contributed by atoms with Crippen molar-refractivity contribution < 1.29 is 28.6 Å². The Hall–Kier alpha value is -2.57. The molecule has 1 aliphatic carbocycles. The van der Waals surface area contributed by atoms with Crippen LogP contribution in [0.4, 0.5) is 0 Å². The van der Waals surface area contributed by atoms with Crippen LogP contribution in [0.5, 0.6) is 11.5 Å². The summed E-state index contributed by atoms with van der Waals surface area (Å²) in [7, 11) is 0. The van der Waals surface area contributed by atoms with Gasteiger partial charge < -0.3 is 14.2 Å². The number of rotatable bonds is 5. The smallest absolute Gasteiger partial charge is 0.307 e. The molecule has 26 heavy (non-hydrogen) atoms. The SMILES string of the molecule is O=C(CCN1C(=O)[C@@H]2CCCC[C@H]2C1=O)OCc1ccc2c(c1)OCO2. The average molecular weight is 359 g/mol. The number of hydrogen-bond donors (Lipinski definition) is 0. The Bertz CT molecular complexity index is 722. The van der Waals surface area contributed by atoms with Crippen molar-refractivity contribution in [1.29, 1.82) is 0 Å². The van der Waals surface area contributed by atoms with Gasteiger partial charge in [-0.05, 0) is 30.5 Å². The van der Waals surface area contributed by atoms with Gasteiger partial charge in [-0.2, -0.15) is 0 Å². The second-order valence-corrected chi connectivity index (χ2v) is 6.92. The van der Waals surface area contributed by atoms with E-state index in [9.17, 15) is 14.4 Å². The second-order valence-electron chi connectivity index (χ2n) is 6.92. The van der Waals surface area contributed by atoms with Gasteiger partial charge in [0.05, 0.1) is 18.3 Å². The van der Waals surface area contributed by atoms with Crippen molar-refractivity contribution in [2.45, 2.75) is 38.7 Å². The first-order chi connectivity index (χ1) is 12.6. The van der Waals surface area contributed by atoms with Crippen molar-refractivity contribution in [2.75, 3.05) is 13.3 Å². The quantitative estimate of drug-likeness (QED) is 0.591. The van der Waals surface area contributed by atoms with Crippen molar-refractivity contribution in [2.24, 2.45) is 11.8 Å². The summed E-state index contributed by atoms with van der Waals surface area (Å²) in [5, 5.41) is 0. The van der Waals surface area contributed by atoms with Crippen LogP contribution in [-0.2, 0) is 25.7 Å². The summed E-state index contributed by atoms with van der Waals surface area (Å²) in [6.45, 7) is 0.408. The third kappa shape index (κ3) is 3.13. The largest absolute Gasteiger partial charge is 0.461 e. The number of nitrogens with zero attached hydrogens (tertiary/aromatic N) is 1. The number of esters is 1. The number of benzene rings is 1. The molecule has 2 amide bonds. The molecule has 2 aliphatic heterocycles. The van der Waals surface area contributed by atoms with Crippen LogP contribution in [0.15, 0.2) is 18.2 Å². The van der Waals surface area contributed by atoms with Gasteiger partial charge in [0.1, 0.15) is 6.61 Å². The van der Waals surface area contributed by atoms with Crippen LogP contribution in [0.3, 0.4) is 0 Å². The van der Waals surface area contributed by atoms with Gasteiger partial charge >= 0.3 is 5.97 Å². The Morgan fingerprint density at radius 2 is 1.77 bits per heavy atom. The summed E-state index contributed by atoms with van der Waals surface area (Å²) in [6.07, 6.45) is 3.55. The molecule has 0 spiro atoms. The predicted molar refractivity (Wildman–Crippen MR) is 89.1 cm³/mol. The lowest BCUT2D eigenvalue weighted by Gasteiger charge is -2.19. The normalized spacial score (nSPS) is 23.9. The van der Waals surface area contributed by atoms with Gasteiger partial charge in [0.2, 0.25) is 18.6 Å². The molecule has 2 fully saturated rings. The molecule has 1 saturated carbocycles. The topological polar surface area (TPSA) is 82.1 Å². The molecular weight excluding hydrogens is 338 g/mol. The maximum atomic E-state index is 12.4. The molecule has 7 nitrogen and oxygen atoms in total. The number of carbonyl (C=O) groups is 3. The molecule has 0 radical (unpaired) electrons. The van der Waals surface area contributed by atoms with E-state index < -0.39 is 5.97 Å². The van der Waals surface area contributed by atoms with Crippen LogP contribution in [-0.4, -0.2) is 36.0 Å². The van der Waals surface area contributed by atoms with E-state index in [4.69, 9.17) is 14.2 Å². The minimum Gasteiger partial charge on any atom is -0.461 e. The molecule has 138 valence electrons. The van der Waals surface area contributed by atoms with Crippen LogP contribution < -0.4 is 9.47 Å². The molecule has 0 unspecified atom stereocenters. The zero-order valence-electron chi connectivity index (χ0n) is 14.4. The van der Waals surface area contributed by atoms with E-state index in [1.165, 1.54) is 4.90 Å². The molecule has 2 atom stereocenters. The van der Waals surface area contributed by atoms with Crippen LogP contribution >= 0.6 is 0 Å². The first kappa shape index (κ1) is 16.9. The summed E-state index contributed by atoms with van der Waals surface area (Å²) in [6, 6.07) is 5.35. The van der Waals surface area contributed by atoms with Crippen molar-refractivity contribution in [3.63, 3.8) is 0 Å². The Labute approximate surface area is 151 Å². The fourth-order valence-corrected chi connectivity index (χ4v) is 3.92. The fraction of sp³-hybridized carbons (Fsp3) is 0.526. The van der Waals surface area contributed by atoms with Crippen molar-refractivity contribution in [3.8, 4) is 11.5 Å². The van der Waals surface area contributed by atoms with Gasteiger partial charge in [-0.15, -0.1) is 0 Å². The minimum absolute atomic E-state index is 0.0153. The highest BCUT2D eigenvalue weighted by molar-refractivity contribution is 6.05. The van der Waals surface area contributed by atoms with Gasteiger partial charge in [-0.1, -0.05) is 18.9 Å². The van der Waals surface area contributed by atoms with Crippen molar-refractivity contribution in [1.82, 2.24) is 4.90 Å². The highest BCUT2D eigenvalue weighted by Gasteiger charge is 2.47. The first-order valence-corrected chi connectivity index (χ1v) is 9.03. The zero-order valence-corrected chi connectivity index (χ0v) is 14.4. The number of ether oxygens (including phenoxy) is 3. The number of amides is 2. The Balaban J connectivity index is 1.27. The summed E-state index contributed by atoms with van der Waals surface area (Å²) in [5.74, 6) is 0.272. The molecule has 0 bridgehead atoms. The van der Waals surface area contributed by atoms with E-state index in [0.29, 0.717) is 11.5 Å². The maximum absolute atomic E-state index is 12.4. The Kier molecular flexibility index (Phi) is 4.53. The number of likely N-dealkylation sites (tertiary alicyclic amines) is 1. The third-order valence-electron chi connectivity index (χ3n) is 5.31. The highest BCUT2D eigenvalue weighted by Crippen LogP contribution is 2.38. The lowest BCUT2D eigenvalue weighted by molar-refractivity contribution is -0.146. The number of carbonyl (C=O) groups excluding carboxylic acids is 3. The van der Waals surface area contributed by atoms with Crippen molar-refractivity contribution in [3.05, 3.63) is 23.8 Å². The second kappa shape index (κ2) is 6.97. The molecule has 0 N–H and O–H groups in total. The monoisotopic (exact) mass is 359 g/mol. The third-order valence-corrected chi connectivity index (χ3v) is 5.31. The van der Waals surface area contributed by atoms with E-state index in [1.807, 2.05) is 0 Å². The van der Waals surface area contributed by atoms with Gasteiger partial charge in [-0.3, -0.25) is 19.3 Å². The van der Waals surface area contributed by atoms with Gasteiger partial charge in [0, 0.05) is 6.54 Å². The standard InChI is InChI=1S/C19H21NO6/c21-17(24-10-12-5-6-15-16(9-12)26-11-25-15)7-8-20-18(22)13-3-1-2-4-14(13)19(20)23/h5-6,9,13-14H,1-4,7-8,10-11H2/t13-,14-/m1/s1. The lowest BCUT2D eigenvalue weighted by Crippen LogP contribution is -2.33. The van der Waals surface area contributed by atoms with Crippen LogP contribution in [0.2, 0.25) is 0 Å². The summed E-state index contributed by atoms with van der Waals surface area (Å²) in [5.41, 5.74) is 0.793. The number of fused-ring (bicyclic) bond motifs is 2.